The Balaban J connectivity index is 3.19. The van der Waals surface area contributed by atoms with Crippen LogP contribution in [0.3, 0.4) is 0 Å². The molecule has 0 spiro atoms. The van der Waals surface area contributed by atoms with Gasteiger partial charge in [-0.15, -0.1) is 0 Å². The molecule has 0 N–H and O–H groups in total. The first kappa shape index (κ1) is 13.2. The summed E-state index contributed by atoms with van der Waals surface area (Å²) in [6.07, 6.45) is 3.23. The first-order chi connectivity index (χ1) is 7.67. The molecule has 0 aliphatic heterocycles. The molecule has 1 aromatic rings. The molecule has 0 saturated carbocycles. The van der Waals surface area contributed by atoms with Crippen molar-refractivity contribution in [2.24, 2.45) is 0 Å². The van der Waals surface area contributed by atoms with Crippen LogP contribution in [0.15, 0.2) is 12.1 Å². The fourth-order valence-corrected chi connectivity index (χ4v) is 1.98. The first-order valence-corrected chi connectivity index (χ1v) is 5.89. The van der Waals surface area contributed by atoms with Crippen molar-refractivity contribution in [3.63, 3.8) is 0 Å². The number of benzene rings is 1. The minimum absolute atomic E-state index is 0.173. The van der Waals surface area contributed by atoms with Crippen molar-refractivity contribution in [1.82, 2.24) is 0 Å². The van der Waals surface area contributed by atoms with Crippen LogP contribution in [0, 0.1) is 11.9 Å². The van der Waals surface area contributed by atoms with Gasteiger partial charge < -0.3 is 4.74 Å². The van der Waals surface area contributed by atoms with Crippen molar-refractivity contribution >= 4 is 0 Å². The zero-order valence-electron chi connectivity index (χ0n) is 10.6. The van der Waals surface area contributed by atoms with Crippen LogP contribution in [0.4, 0.5) is 4.39 Å². The summed E-state index contributed by atoms with van der Waals surface area (Å²) in [6, 6.07) is 3.57. The van der Waals surface area contributed by atoms with E-state index in [2.05, 4.69) is 6.92 Å². The average Bonchev–Trinajstić information content (AvgIpc) is 2.32. The van der Waals surface area contributed by atoms with Crippen LogP contribution in [0.25, 0.3) is 0 Å². The van der Waals surface area contributed by atoms with E-state index >= 15 is 0 Å². The Morgan fingerprint density at radius 3 is 2.12 bits per heavy atom. The maximum atomic E-state index is 13.9. The fraction of sp³-hybridized carbons (Fsp3) is 0.500. The van der Waals surface area contributed by atoms with Crippen LogP contribution in [0.2, 0.25) is 0 Å². The highest BCUT2D eigenvalue weighted by Crippen LogP contribution is 2.26. The summed E-state index contributed by atoms with van der Waals surface area (Å²) in [5.41, 5.74) is 2.91. The van der Waals surface area contributed by atoms with E-state index in [9.17, 15) is 4.39 Å². The second-order valence-electron chi connectivity index (χ2n) is 3.79. The molecule has 0 aliphatic carbocycles. The molecular weight excluding hydrogens is 203 g/mol. The minimum Gasteiger partial charge on any atom is -0.370 e. The number of hydrogen-bond acceptors (Lipinski definition) is 1. The van der Waals surface area contributed by atoms with Gasteiger partial charge >= 0.3 is 0 Å². The fourth-order valence-electron chi connectivity index (χ4n) is 1.98. The van der Waals surface area contributed by atoms with Gasteiger partial charge in [0, 0.05) is 12.7 Å². The highest BCUT2D eigenvalue weighted by Gasteiger charge is 2.16. The van der Waals surface area contributed by atoms with Crippen molar-refractivity contribution in [1.29, 1.82) is 0 Å². The average molecular weight is 223 g/mol. The predicted octanol–water partition coefficient (Wildman–Crippen LogP) is 3.89. The van der Waals surface area contributed by atoms with Crippen LogP contribution < -0.4 is 0 Å². The lowest BCUT2D eigenvalue weighted by Crippen LogP contribution is -2.06. The minimum atomic E-state index is -0.173. The van der Waals surface area contributed by atoms with Gasteiger partial charge in [0.25, 0.3) is 0 Å². The smallest absolute Gasteiger partial charge is 0.129 e. The number of methoxy groups -OCH3 is 1. The Kier molecular flexibility index (Phi) is 4.94. The quantitative estimate of drug-likeness (QED) is 0.736. The number of ether oxygens (including phenoxy) is 1. The van der Waals surface area contributed by atoms with Crippen molar-refractivity contribution in [3.05, 3.63) is 40.7 Å². The Morgan fingerprint density at radius 2 is 1.69 bits per heavy atom. The molecule has 0 atom stereocenters. The van der Waals surface area contributed by atoms with Gasteiger partial charge in [-0.25, -0.2) is 4.39 Å². The van der Waals surface area contributed by atoms with Crippen molar-refractivity contribution in [2.75, 3.05) is 7.11 Å². The molecule has 1 rings (SSSR count). The highest BCUT2D eigenvalue weighted by molar-refractivity contribution is 5.38. The van der Waals surface area contributed by atoms with E-state index < -0.39 is 0 Å². The molecule has 1 aromatic carbocycles. The van der Waals surface area contributed by atoms with E-state index in [1.165, 1.54) is 5.56 Å². The van der Waals surface area contributed by atoms with Gasteiger partial charge in [-0.1, -0.05) is 20.8 Å². The van der Waals surface area contributed by atoms with Gasteiger partial charge in [0.2, 0.25) is 0 Å². The molecular formula is C14H20FO. The van der Waals surface area contributed by atoms with Gasteiger partial charge in [-0.05, 0) is 42.5 Å². The third-order valence-corrected chi connectivity index (χ3v) is 2.92. The van der Waals surface area contributed by atoms with E-state index in [0.717, 1.165) is 24.5 Å². The summed E-state index contributed by atoms with van der Waals surface area (Å²) in [5, 5.41) is 0. The van der Waals surface area contributed by atoms with E-state index in [1.54, 1.807) is 13.2 Å². The topological polar surface area (TPSA) is 9.23 Å². The summed E-state index contributed by atoms with van der Waals surface area (Å²) in [4.78, 5) is 0. The van der Waals surface area contributed by atoms with Crippen LogP contribution >= 0.6 is 0 Å². The lowest BCUT2D eigenvalue weighted by Gasteiger charge is -2.16. The predicted molar refractivity (Wildman–Crippen MR) is 64.8 cm³/mol. The van der Waals surface area contributed by atoms with Crippen LogP contribution in [0.5, 0.6) is 0 Å². The molecule has 0 aromatic heterocycles. The largest absolute Gasteiger partial charge is 0.370 e. The molecule has 2 heteroatoms. The first-order valence-electron chi connectivity index (χ1n) is 5.89. The molecule has 0 aliphatic rings. The normalized spacial score (nSPS) is 11.1. The monoisotopic (exact) mass is 223 g/mol. The van der Waals surface area contributed by atoms with Gasteiger partial charge in [0.1, 0.15) is 11.9 Å². The lowest BCUT2D eigenvalue weighted by molar-refractivity contribution is 0.217. The zero-order valence-corrected chi connectivity index (χ0v) is 10.6. The second-order valence-corrected chi connectivity index (χ2v) is 3.79. The molecule has 0 fully saturated rings. The molecule has 0 heterocycles. The van der Waals surface area contributed by atoms with E-state index in [4.69, 9.17) is 4.74 Å². The summed E-state index contributed by atoms with van der Waals surface area (Å²) < 4.78 is 19.1. The molecule has 16 heavy (non-hydrogen) atoms. The van der Waals surface area contributed by atoms with Crippen molar-refractivity contribution in [3.8, 4) is 0 Å². The summed E-state index contributed by atoms with van der Waals surface area (Å²) in [5.74, 6) is -0.173. The number of hydrogen-bond donors (Lipinski definition) is 0. The number of rotatable bonds is 5. The molecule has 0 bridgehead atoms. The maximum absolute atomic E-state index is 13.9. The zero-order chi connectivity index (χ0) is 12.1. The van der Waals surface area contributed by atoms with E-state index in [0.29, 0.717) is 12.0 Å². The van der Waals surface area contributed by atoms with Gasteiger partial charge in [0.15, 0.2) is 0 Å². The number of aryl methyl sites for hydroxylation is 2. The van der Waals surface area contributed by atoms with E-state index in [-0.39, 0.29) is 5.82 Å². The third-order valence-electron chi connectivity index (χ3n) is 2.92. The highest BCUT2D eigenvalue weighted by atomic mass is 19.1. The molecule has 1 radical (unpaired) electrons. The second kappa shape index (κ2) is 6.00. The third kappa shape index (κ3) is 2.62. The Morgan fingerprint density at radius 1 is 1.12 bits per heavy atom. The van der Waals surface area contributed by atoms with Crippen molar-refractivity contribution < 1.29 is 9.13 Å². The molecule has 0 saturated heterocycles. The molecule has 0 amide bonds. The standard InChI is InChI=1S/C14H20FO/c1-5-10-8-12(14(7-3)16-4)13(15)9-11(10)6-2/h8-9H,5-7H2,1-4H3. The molecule has 1 nitrogen and oxygen atoms in total. The SMILES string of the molecule is CC[C](OC)c1cc(CC)c(CC)cc1F. The molecule has 89 valence electrons. The van der Waals surface area contributed by atoms with Crippen LogP contribution in [-0.2, 0) is 17.6 Å². The Labute approximate surface area is 97.6 Å². The van der Waals surface area contributed by atoms with Gasteiger partial charge in [0.05, 0.1) is 0 Å². The number of halogens is 1. The summed E-state index contributed by atoms with van der Waals surface area (Å²) >= 11 is 0. The maximum Gasteiger partial charge on any atom is 0.129 e. The Bertz CT molecular complexity index is 343. The van der Waals surface area contributed by atoms with E-state index in [1.807, 2.05) is 19.9 Å². The van der Waals surface area contributed by atoms with Gasteiger partial charge in [-0.2, -0.15) is 0 Å². The van der Waals surface area contributed by atoms with Crippen molar-refractivity contribution in [2.45, 2.75) is 40.0 Å². The summed E-state index contributed by atoms with van der Waals surface area (Å²) in [7, 11) is 1.59. The van der Waals surface area contributed by atoms with Crippen LogP contribution in [-0.4, -0.2) is 7.11 Å². The Hall–Kier alpha value is -0.890. The van der Waals surface area contributed by atoms with Gasteiger partial charge in [-0.3, -0.25) is 0 Å². The molecule has 0 unspecified atom stereocenters. The van der Waals surface area contributed by atoms with Crippen LogP contribution in [0.1, 0.15) is 43.9 Å². The lowest BCUT2D eigenvalue weighted by atomic mass is 9.96. The summed E-state index contributed by atoms with van der Waals surface area (Å²) in [6.45, 7) is 6.11.